The van der Waals surface area contributed by atoms with Crippen LogP contribution in [0.15, 0.2) is 122 Å². The fourth-order valence-electron chi connectivity index (χ4n) is 8.60. The zero-order chi connectivity index (χ0) is 38.6. The zero-order valence-corrected chi connectivity index (χ0v) is 31.5. The van der Waals surface area contributed by atoms with Crippen LogP contribution in [0.25, 0.3) is 27.7 Å². The lowest BCUT2D eigenvalue weighted by Crippen LogP contribution is -2.52. The number of carbonyl (C=O) groups is 2. The number of phenolic OH excluding ortho intramolecular Hbond substituents is 1. The Morgan fingerprint density at radius 1 is 0.772 bits per heavy atom. The smallest absolute Gasteiger partial charge is 0.265 e. The molecule has 3 aromatic heterocycles. The summed E-state index contributed by atoms with van der Waals surface area (Å²) >= 11 is 0. The summed E-state index contributed by atoms with van der Waals surface area (Å²) in [5, 5.41) is 11.2. The van der Waals surface area contributed by atoms with Gasteiger partial charge in [-0.25, -0.2) is 0 Å². The monoisotopic (exact) mass is 759 g/mol. The molecule has 6 heterocycles. The first kappa shape index (κ1) is 34.9. The number of rotatable bonds is 7. The normalized spacial score (nSPS) is 16.6. The molecule has 0 radical (unpaired) electrons. The molecule has 3 aliphatic heterocycles. The predicted octanol–water partition coefficient (Wildman–Crippen LogP) is 7.41. The number of morpholine rings is 1. The Balaban J connectivity index is 1.10. The molecule has 1 saturated heterocycles. The van der Waals surface area contributed by atoms with Crippen molar-refractivity contribution in [3.8, 4) is 28.5 Å². The van der Waals surface area contributed by atoms with Gasteiger partial charge in [0.1, 0.15) is 5.75 Å². The molecule has 286 valence electrons. The van der Waals surface area contributed by atoms with E-state index >= 15 is 9.59 Å². The number of anilines is 2. The van der Waals surface area contributed by atoms with E-state index in [-0.39, 0.29) is 30.4 Å². The fraction of sp³-hybridized carbons (Fsp3) is 0.217. The van der Waals surface area contributed by atoms with Gasteiger partial charge in [0.25, 0.3) is 11.8 Å². The number of ether oxygens (including phenoxy) is 3. The Labute approximate surface area is 329 Å². The summed E-state index contributed by atoms with van der Waals surface area (Å²) in [6.45, 7) is 4.26. The summed E-state index contributed by atoms with van der Waals surface area (Å²) in [4.78, 5) is 36.4. The molecular formula is C46H41N5O6. The molecule has 7 aromatic rings. The molecule has 11 heteroatoms. The Kier molecular flexibility index (Phi) is 8.68. The molecular weight excluding hydrogens is 719 g/mol. The number of hydrogen-bond acceptors (Lipinski definition) is 7. The van der Waals surface area contributed by atoms with Gasteiger partial charge in [0.05, 0.1) is 35.6 Å². The fourth-order valence-corrected chi connectivity index (χ4v) is 8.60. The van der Waals surface area contributed by atoms with Crippen molar-refractivity contribution in [1.29, 1.82) is 0 Å². The van der Waals surface area contributed by atoms with Gasteiger partial charge in [0.2, 0.25) is 6.79 Å². The minimum atomic E-state index is -0.266. The van der Waals surface area contributed by atoms with Crippen molar-refractivity contribution < 1.29 is 28.9 Å². The van der Waals surface area contributed by atoms with Crippen LogP contribution in [-0.4, -0.2) is 81.4 Å². The maximum Gasteiger partial charge on any atom is 0.265 e. The Morgan fingerprint density at radius 2 is 1.53 bits per heavy atom. The summed E-state index contributed by atoms with van der Waals surface area (Å²) in [5.41, 5.74) is 7.60. The van der Waals surface area contributed by atoms with Gasteiger partial charge in [-0.15, -0.1) is 0 Å². The van der Waals surface area contributed by atoms with Crippen LogP contribution in [0.1, 0.15) is 31.8 Å². The largest absolute Gasteiger partial charge is 0.508 e. The highest BCUT2D eigenvalue weighted by Gasteiger charge is 2.35. The molecule has 10 rings (SSSR count). The molecule has 0 saturated carbocycles. The van der Waals surface area contributed by atoms with Gasteiger partial charge in [0.15, 0.2) is 11.5 Å². The van der Waals surface area contributed by atoms with Gasteiger partial charge in [-0.2, -0.15) is 0 Å². The summed E-state index contributed by atoms with van der Waals surface area (Å²) in [6, 6.07) is 34.2. The first-order chi connectivity index (χ1) is 27.9. The van der Waals surface area contributed by atoms with E-state index in [4.69, 9.17) is 14.2 Å². The zero-order valence-electron chi connectivity index (χ0n) is 31.5. The van der Waals surface area contributed by atoms with E-state index < -0.39 is 0 Å². The van der Waals surface area contributed by atoms with E-state index in [1.807, 2.05) is 94.0 Å². The van der Waals surface area contributed by atoms with E-state index in [0.717, 1.165) is 42.5 Å². The van der Waals surface area contributed by atoms with Crippen molar-refractivity contribution in [1.82, 2.24) is 18.8 Å². The number of aromatic hydroxyl groups is 1. The molecule has 4 aromatic carbocycles. The van der Waals surface area contributed by atoms with Crippen LogP contribution in [0.3, 0.4) is 0 Å². The third kappa shape index (κ3) is 6.25. The number of aryl methyl sites for hydroxylation is 1. The van der Waals surface area contributed by atoms with Gasteiger partial charge in [-0.05, 0) is 96.4 Å². The highest BCUT2D eigenvalue weighted by Crippen LogP contribution is 2.42. The third-order valence-electron chi connectivity index (χ3n) is 11.6. The minimum absolute atomic E-state index is 0.0507. The summed E-state index contributed by atoms with van der Waals surface area (Å²) in [6.07, 6.45) is 4.65. The maximum atomic E-state index is 15.2. The molecule has 0 aliphatic carbocycles. The number of phenols is 1. The van der Waals surface area contributed by atoms with E-state index in [2.05, 4.69) is 23.1 Å². The van der Waals surface area contributed by atoms with Crippen LogP contribution in [0.2, 0.25) is 0 Å². The number of pyridine rings is 1. The number of benzene rings is 4. The van der Waals surface area contributed by atoms with Gasteiger partial charge >= 0.3 is 0 Å². The average Bonchev–Trinajstić information content (AvgIpc) is 3.97. The average molecular weight is 760 g/mol. The molecule has 1 atom stereocenters. The molecule has 3 aliphatic rings. The van der Waals surface area contributed by atoms with Crippen LogP contribution >= 0.6 is 0 Å². The Bertz CT molecular complexity index is 2680. The second-order valence-corrected chi connectivity index (χ2v) is 14.9. The number of aromatic nitrogens is 2. The quantitative estimate of drug-likeness (QED) is 0.181. The van der Waals surface area contributed by atoms with Crippen LogP contribution in [0.5, 0.6) is 17.2 Å². The van der Waals surface area contributed by atoms with Crippen molar-refractivity contribution in [2.75, 3.05) is 44.5 Å². The first-order valence-electron chi connectivity index (χ1n) is 19.3. The highest BCUT2D eigenvalue weighted by molar-refractivity contribution is 6.16. The standard InChI is InChI=1S/C46H41N5O6/c1-47-17-15-31-23-34(11-14-40(31)47)51(33-9-12-36(52)13-10-33)46(54)39-24-42(49-16-5-4-8-41(39)49)37-25-43-44(57-29-56-43)26-38(37)45(53)50-27-32-7-3-2-6-30(32)22-35(50)28-48-18-20-55-21-19-48/h2-17,23-26,35,52H,18-22,27-29H2,1H3/t35-/m0/s1. The van der Waals surface area contributed by atoms with E-state index in [9.17, 15) is 5.11 Å². The Morgan fingerprint density at radius 3 is 2.35 bits per heavy atom. The van der Waals surface area contributed by atoms with Gasteiger partial charge in [-0.3, -0.25) is 19.4 Å². The first-order valence-corrected chi connectivity index (χ1v) is 19.3. The van der Waals surface area contributed by atoms with Crippen LogP contribution in [0.4, 0.5) is 11.4 Å². The number of fused-ring (bicyclic) bond motifs is 4. The molecule has 0 spiro atoms. The van der Waals surface area contributed by atoms with Crippen molar-refractivity contribution in [2.24, 2.45) is 7.05 Å². The van der Waals surface area contributed by atoms with Gasteiger partial charge in [0, 0.05) is 79.5 Å². The molecule has 1 N–H and O–H groups in total. The molecule has 2 amide bonds. The lowest BCUT2D eigenvalue weighted by atomic mass is 9.92. The number of amides is 2. The van der Waals surface area contributed by atoms with Crippen LogP contribution in [-0.2, 0) is 24.8 Å². The molecule has 0 bridgehead atoms. The number of hydrogen-bond donors (Lipinski definition) is 1. The summed E-state index contributed by atoms with van der Waals surface area (Å²) in [7, 11) is 1.99. The topological polar surface area (TPSA) is 101 Å². The second-order valence-electron chi connectivity index (χ2n) is 14.9. The number of carbonyl (C=O) groups excluding carboxylic acids is 2. The summed E-state index contributed by atoms with van der Waals surface area (Å²) < 4.78 is 21.4. The van der Waals surface area contributed by atoms with Crippen molar-refractivity contribution in [2.45, 2.75) is 19.0 Å². The Hall–Kier alpha value is -6.56. The molecule has 11 nitrogen and oxygen atoms in total. The van der Waals surface area contributed by atoms with Crippen molar-refractivity contribution >= 4 is 39.6 Å². The van der Waals surface area contributed by atoms with E-state index in [1.54, 1.807) is 35.2 Å². The van der Waals surface area contributed by atoms with Crippen LogP contribution < -0.4 is 14.4 Å². The predicted molar refractivity (Wildman–Crippen MR) is 218 cm³/mol. The van der Waals surface area contributed by atoms with Crippen molar-refractivity contribution in [3.05, 3.63) is 144 Å². The highest BCUT2D eigenvalue weighted by atomic mass is 16.7. The van der Waals surface area contributed by atoms with E-state index in [0.29, 0.717) is 70.5 Å². The lowest BCUT2D eigenvalue weighted by Gasteiger charge is -2.40. The minimum Gasteiger partial charge on any atom is -0.508 e. The summed E-state index contributed by atoms with van der Waals surface area (Å²) in [5.74, 6) is 0.771. The molecule has 57 heavy (non-hydrogen) atoms. The maximum absolute atomic E-state index is 15.2. The SMILES string of the molecule is Cn1ccc2cc(N(C(=O)c3cc(-c4cc5c(cc4C(=O)N4Cc6ccccc6C[C@H]4CN4CCOCC4)OCO5)n4ccccc34)c3ccc(O)cc3)ccc21. The van der Waals surface area contributed by atoms with Gasteiger partial charge in [-0.1, -0.05) is 30.3 Å². The number of nitrogens with zero attached hydrogens (tertiary/aromatic N) is 5. The van der Waals surface area contributed by atoms with Gasteiger partial charge < -0.3 is 33.2 Å². The molecule has 0 unspecified atom stereocenters. The third-order valence-corrected chi connectivity index (χ3v) is 11.6. The van der Waals surface area contributed by atoms with E-state index in [1.165, 1.54) is 5.56 Å². The van der Waals surface area contributed by atoms with Crippen LogP contribution in [0, 0.1) is 0 Å². The second kappa shape index (κ2) is 14.2. The lowest BCUT2D eigenvalue weighted by molar-refractivity contribution is 0.0193. The van der Waals surface area contributed by atoms with Crippen molar-refractivity contribution in [3.63, 3.8) is 0 Å². The molecule has 1 fully saturated rings.